The molecule has 154 valence electrons. The van der Waals surface area contributed by atoms with Crippen LogP contribution in [-0.4, -0.2) is 19.2 Å². The van der Waals surface area contributed by atoms with Crippen molar-refractivity contribution >= 4 is 44.4 Å². The number of benzene rings is 2. The van der Waals surface area contributed by atoms with Crippen LogP contribution < -0.4 is 10.1 Å². The molecule has 0 spiro atoms. The number of thiophene rings is 1. The van der Waals surface area contributed by atoms with Gasteiger partial charge in [0.05, 0.1) is 12.7 Å². The molecule has 1 N–H and O–H groups in total. The summed E-state index contributed by atoms with van der Waals surface area (Å²) in [7, 11) is 1.65. The number of carbonyl (C=O) groups is 1. The number of nitrogens with one attached hydrogen (secondary N) is 1. The predicted octanol–water partition coefficient (Wildman–Crippen LogP) is 6.08. The summed E-state index contributed by atoms with van der Waals surface area (Å²) in [6.45, 7) is 0.507. The predicted molar refractivity (Wildman–Crippen MR) is 127 cm³/mol. The van der Waals surface area contributed by atoms with Gasteiger partial charge in [0.25, 0.3) is 5.91 Å². The maximum Gasteiger partial charge on any atom is 0.254 e. The quantitative estimate of drug-likeness (QED) is 0.432. The standard InChI is InChI=1S/C24H23BrN2O2S/c1-29-20-12-11-18(25)13-17(20)15-27-24-22(19-9-5-6-10-21(19)30-24)23(28)26-14-16-7-3-2-4-8-16/h2-4,7-8,11-13,15H,5-6,9-10,14H2,1H3,(H,26,28). The highest BCUT2D eigenvalue weighted by Crippen LogP contribution is 2.40. The lowest BCUT2D eigenvalue weighted by Crippen LogP contribution is -2.24. The number of aryl methyl sites for hydroxylation is 1. The minimum absolute atomic E-state index is 0.0494. The Balaban J connectivity index is 1.64. The van der Waals surface area contributed by atoms with E-state index in [0.29, 0.717) is 6.54 Å². The Bertz CT molecular complexity index is 1080. The fourth-order valence-corrected chi connectivity index (χ4v) is 5.29. The molecule has 3 aromatic rings. The lowest BCUT2D eigenvalue weighted by atomic mass is 9.95. The van der Waals surface area contributed by atoms with Crippen LogP contribution >= 0.6 is 27.3 Å². The van der Waals surface area contributed by atoms with Crippen LogP contribution in [0.5, 0.6) is 5.75 Å². The molecule has 0 radical (unpaired) electrons. The molecule has 1 aliphatic rings. The molecule has 0 unspecified atom stereocenters. The minimum Gasteiger partial charge on any atom is -0.496 e. The Hall–Kier alpha value is -2.44. The number of rotatable bonds is 6. The van der Waals surface area contributed by atoms with Crippen molar-refractivity contribution in [2.24, 2.45) is 4.99 Å². The third kappa shape index (κ3) is 4.65. The zero-order chi connectivity index (χ0) is 20.9. The molecule has 4 rings (SSSR count). The van der Waals surface area contributed by atoms with Gasteiger partial charge in [0, 0.05) is 27.7 Å². The van der Waals surface area contributed by atoms with Gasteiger partial charge in [-0.05, 0) is 55.0 Å². The second kappa shape index (κ2) is 9.58. The molecule has 0 saturated carbocycles. The largest absolute Gasteiger partial charge is 0.496 e. The molecular weight excluding hydrogens is 460 g/mol. The Labute approximate surface area is 189 Å². The number of hydrogen-bond acceptors (Lipinski definition) is 4. The highest BCUT2D eigenvalue weighted by molar-refractivity contribution is 9.10. The van der Waals surface area contributed by atoms with Crippen molar-refractivity contribution in [3.8, 4) is 5.75 Å². The normalized spacial score (nSPS) is 13.3. The number of carbonyl (C=O) groups excluding carboxylic acids is 1. The molecule has 1 amide bonds. The van der Waals surface area contributed by atoms with Crippen LogP contribution in [0.15, 0.2) is 58.0 Å². The average Bonchev–Trinajstić information content (AvgIpc) is 3.15. The number of methoxy groups -OCH3 is 1. The van der Waals surface area contributed by atoms with E-state index < -0.39 is 0 Å². The molecule has 0 aliphatic heterocycles. The Kier molecular flexibility index (Phi) is 6.65. The molecule has 1 aliphatic carbocycles. The summed E-state index contributed by atoms with van der Waals surface area (Å²) in [5.74, 6) is 0.699. The molecule has 0 fully saturated rings. The Morgan fingerprint density at radius 1 is 1.20 bits per heavy atom. The first-order valence-electron chi connectivity index (χ1n) is 10.00. The summed E-state index contributed by atoms with van der Waals surface area (Å²) < 4.78 is 6.40. The van der Waals surface area contributed by atoms with E-state index in [0.717, 1.165) is 51.2 Å². The van der Waals surface area contributed by atoms with Crippen molar-refractivity contribution < 1.29 is 9.53 Å². The molecule has 0 atom stereocenters. The molecule has 0 bridgehead atoms. The zero-order valence-electron chi connectivity index (χ0n) is 16.8. The number of ether oxygens (including phenoxy) is 1. The van der Waals surface area contributed by atoms with Gasteiger partial charge in [0.15, 0.2) is 0 Å². The van der Waals surface area contributed by atoms with E-state index in [-0.39, 0.29) is 5.91 Å². The maximum absolute atomic E-state index is 13.1. The van der Waals surface area contributed by atoms with Crippen molar-refractivity contribution in [1.82, 2.24) is 5.32 Å². The second-order valence-corrected chi connectivity index (χ2v) is 9.20. The smallest absolute Gasteiger partial charge is 0.254 e. The van der Waals surface area contributed by atoms with Gasteiger partial charge in [0.2, 0.25) is 0 Å². The second-order valence-electron chi connectivity index (χ2n) is 7.20. The van der Waals surface area contributed by atoms with Gasteiger partial charge in [-0.1, -0.05) is 46.3 Å². The van der Waals surface area contributed by atoms with E-state index >= 15 is 0 Å². The van der Waals surface area contributed by atoms with Crippen LogP contribution in [0.4, 0.5) is 5.00 Å². The van der Waals surface area contributed by atoms with Gasteiger partial charge in [-0.3, -0.25) is 4.79 Å². The van der Waals surface area contributed by atoms with E-state index in [1.54, 1.807) is 24.7 Å². The summed E-state index contributed by atoms with van der Waals surface area (Å²) in [6, 6.07) is 15.8. The molecule has 6 heteroatoms. The highest BCUT2D eigenvalue weighted by atomic mass is 79.9. The topological polar surface area (TPSA) is 50.7 Å². The number of halogens is 1. The number of amides is 1. The summed E-state index contributed by atoms with van der Waals surface area (Å²) in [5.41, 5.74) is 3.86. The Morgan fingerprint density at radius 2 is 2.00 bits per heavy atom. The number of aliphatic imine (C=N–C) groups is 1. The van der Waals surface area contributed by atoms with E-state index in [9.17, 15) is 4.79 Å². The van der Waals surface area contributed by atoms with Crippen LogP contribution in [0.25, 0.3) is 0 Å². The zero-order valence-corrected chi connectivity index (χ0v) is 19.2. The van der Waals surface area contributed by atoms with Crippen LogP contribution in [0, 0.1) is 0 Å². The number of nitrogens with zero attached hydrogens (tertiary/aromatic N) is 1. The van der Waals surface area contributed by atoms with Crippen molar-refractivity contribution in [2.75, 3.05) is 7.11 Å². The van der Waals surface area contributed by atoms with E-state index in [4.69, 9.17) is 9.73 Å². The van der Waals surface area contributed by atoms with Crippen LogP contribution in [0.2, 0.25) is 0 Å². The lowest BCUT2D eigenvalue weighted by molar-refractivity contribution is 0.0951. The van der Waals surface area contributed by atoms with Gasteiger partial charge in [-0.2, -0.15) is 0 Å². The highest BCUT2D eigenvalue weighted by Gasteiger charge is 2.25. The average molecular weight is 483 g/mol. The molecule has 1 heterocycles. The fraction of sp³-hybridized carbons (Fsp3) is 0.250. The summed E-state index contributed by atoms with van der Waals surface area (Å²) >= 11 is 5.14. The summed E-state index contributed by atoms with van der Waals surface area (Å²) in [5, 5.41) is 3.86. The first kappa shape index (κ1) is 20.8. The summed E-state index contributed by atoms with van der Waals surface area (Å²) in [4.78, 5) is 19.2. The third-order valence-electron chi connectivity index (χ3n) is 5.19. The fourth-order valence-electron chi connectivity index (χ4n) is 3.68. The maximum atomic E-state index is 13.1. The first-order valence-corrected chi connectivity index (χ1v) is 11.6. The summed E-state index contributed by atoms with van der Waals surface area (Å²) in [6.07, 6.45) is 6.03. The molecule has 30 heavy (non-hydrogen) atoms. The van der Waals surface area contributed by atoms with Crippen molar-refractivity contribution in [1.29, 1.82) is 0 Å². The van der Waals surface area contributed by atoms with E-state index in [1.807, 2.05) is 48.5 Å². The van der Waals surface area contributed by atoms with Crippen molar-refractivity contribution in [3.63, 3.8) is 0 Å². The third-order valence-corrected chi connectivity index (χ3v) is 6.88. The molecule has 0 saturated heterocycles. The minimum atomic E-state index is -0.0494. The number of fused-ring (bicyclic) bond motifs is 1. The van der Waals surface area contributed by atoms with Crippen LogP contribution in [0.1, 0.15) is 44.8 Å². The van der Waals surface area contributed by atoms with Gasteiger partial charge in [0.1, 0.15) is 10.8 Å². The van der Waals surface area contributed by atoms with E-state index in [2.05, 4.69) is 21.2 Å². The van der Waals surface area contributed by atoms with Gasteiger partial charge >= 0.3 is 0 Å². The monoisotopic (exact) mass is 482 g/mol. The molecule has 2 aromatic carbocycles. The van der Waals surface area contributed by atoms with Crippen molar-refractivity contribution in [3.05, 3.63) is 80.1 Å². The van der Waals surface area contributed by atoms with Crippen LogP contribution in [-0.2, 0) is 19.4 Å². The van der Waals surface area contributed by atoms with Gasteiger partial charge in [-0.25, -0.2) is 4.99 Å². The Morgan fingerprint density at radius 3 is 2.80 bits per heavy atom. The van der Waals surface area contributed by atoms with E-state index in [1.165, 1.54) is 16.9 Å². The SMILES string of the molecule is COc1ccc(Br)cc1C=Nc1sc2c(c1C(=O)NCc1ccccc1)CCCC2. The molecule has 4 nitrogen and oxygen atoms in total. The first-order chi connectivity index (χ1) is 14.7. The van der Waals surface area contributed by atoms with Crippen LogP contribution in [0.3, 0.4) is 0 Å². The van der Waals surface area contributed by atoms with Gasteiger partial charge < -0.3 is 10.1 Å². The molecule has 1 aromatic heterocycles. The van der Waals surface area contributed by atoms with Crippen molar-refractivity contribution in [2.45, 2.75) is 32.2 Å². The van der Waals surface area contributed by atoms with Gasteiger partial charge in [-0.15, -0.1) is 11.3 Å². The number of hydrogen-bond donors (Lipinski definition) is 1. The lowest BCUT2D eigenvalue weighted by Gasteiger charge is -2.13. The molecular formula is C24H23BrN2O2S.